The summed E-state index contributed by atoms with van der Waals surface area (Å²) in [4.78, 5) is 219. The fourth-order valence-corrected chi connectivity index (χ4v) is 16.3. The molecule has 6 atom stereocenters. The molecule has 770 valence electrons. The Balaban J connectivity index is 0.860. The van der Waals surface area contributed by atoms with Crippen LogP contribution >= 0.6 is 30.3 Å². The highest BCUT2D eigenvalue weighted by molar-refractivity contribution is 14.1. The third kappa shape index (κ3) is 48.5. The molecule has 1 fully saturated rings. The van der Waals surface area contributed by atoms with Gasteiger partial charge in [0.05, 0.1) is 110 Å². The largest absolute Gasteiger partial charge is 0.481 e. The molecular formula is C90H133IN17O30P. The fourth-order valence-electron chi connectivity index (χ4n) is 14.9. The van der Waals surface area contributed by atoms with Gasteiger partial charge >= 0.3 is 49.5 Å². The number of hydrogen-bond donors (Lipinski definition) is 17. The zero-order valence-corrected chi connectivity index (χ0v) is 81.3. The minimum absolute atomic E-state index is 0.0154. The average Bonchev–Trinajstić information content (AvgIpc) is 1.66. The lowest BCUT2D eigenvalue weighted by Gasteiger charge is -2.32. The van der Waals surface area contributed by atoms with E-state index < -0.39 is 116 Å². The number of amides is 9. The Morgan fingerprint density at radius 3 is 1.50 bits per heavy atom. The van der Waals surface area contributed by atoms with Crippen LogP contribution in [0, 0.1) is 3.57 Å². The summed E-state index contributed by atoms with van der Waals surface area (Å²) in [5.74, 6) is -13.4. The molecule has 0 bridgehead atoms. The molecule has 0 saturated carbocycles. The monoisotopic (exact) mass is 2090 g/mol. The van der Waals surface area contributed by atoms with Crippen LogP contribution in [-0.2, 0) is 124 Å². The number of rotatable bonds is 68. The molecular weight excluding hydrogens is 1960 g/mol. The molecule has 49 heteroatoms. The van der Waals surface area contributed by atoms with Crippen molar-refractivity contribution in [3.8, 4) is 22.5 Å². The van der Waals surface area contributed by atoms with Crippen LogP contribution in [0.1, 0.15) is 146 Å². The van der Waals surface area contributed by atoms with Gasteiger partial charge in [0, 0.05) is 151 Å². The van der Waals surface area contributed by atoms with Gasteiger partial charge in [0.15, 0.2) is 0 Å². The second-order valence-electron chi connectivity index (χ2n) is 33.3. The summed E-state index contributed by atoms with van der Waals surface area (Å²) >= 11 is 2.22. The second kappa shape index (κ2) is 65.0. The van der Waals surface area contributed by atoms with E-state index in [0.717, 1.165) is 26.7 Å². The summed E-state index contributed by atoms with van der Waals surface area (Å²) in [7, 11) is -4.71. The van der Waals surface area contributed by atoms with E-state index in [1.165, 1.54) is 0 Å². The number of aromatic nitrogens is 3. The number of ether oxygens (including phenoxy) is 4. The number of carbonyl (C=O) groups excluding carboxylic acids is 9. The van der Waals surface area contributed by atoms with Crippen molar-refractivity contribution in [3.63, 3.8) is 0 Å². The topological polar surface area (TPSA) is 653 Å². The number of benzene rings is 3. The van der Waals surface area contributed by atoms with Gasteiger partial charge < -0.3 is 107 Å². The predicted molar refractivity (Wildman–Crippen MR) is 508 cm³/mol. The maximum atomic E-state index is 14.3. The smallest absolute Gasteiger partial charge is 0.403 e. The number of aryl methyl sites for hydroxylation is 2. The zero-order valence-electron chi connectivity index (χ0n) is 78.2. The van der Waals surface area contributed by atoms with Crippen LogP contribution in [-0.4, -0.2) is 365 Å². The molecule has 0 aliphatic carbocycles. The van der Waals surface area contributed by atoms with Crippen molar-refractivity contribution in [2.45, 2.75) is 185 Å². The van der Waals surface area contributed by atoms with Crippen LogP contribution in [0.15, 0.2) is 72.8 Å². The molecule has 3 heterocycles. The molecule has 1 saturated heterocycles. The zero-order chi connectivity index (χ0) is 101. The summed E-state index contributed by atoms with van der Waals surface area (Å²) in [5.41, 5.74) is 5.13. The maximum Gasteiger partial charge on any atom is 0.403 e. The van der Waals surface area contributed by atoms with E-state index in [-0.39, 0.29) is 271 Å². The Morgan fingerprint density at radius 1 is 0.424 bits per heavy atom. The predicted octanol–water partition coefficient (Wildman–Crippen LogP) is 1.49. The van der Waals surface area contributed by atoms with E-state index in [1.54, 1.807) is 36.3 Å². The molecule has 9 amide bonds. The minimum Gasteiger partial charge on any atom is -0.481 e. The number of anilines is 1. The third-order valence-electron chi connectivity index (χ3n) is 22.2. The molecule has 47 nitrogen and oxygen atoms in total. The van der Waals surface area contributed by atoms with Gasteiger partial charge in [0.1, 0.15) is 29.9 Å². The molecule has 2 aliphatic heterocycles. The first-order chi connectivity index (χ1) is 66.5. The van der Waals surface area contributed by atoms with Gasteiger partial charge in [-0.2, -0.15) is 0 Å². The van der Waals surface area contributed by atoms with Gasteiger partial charge in [-0.1, -0.05) is 66.2 Å². The van der Waals surface area contributed by atoms with E-state index in [1.807, 2.05) is 77.7 Å². The summed E-state index contributed by atoms with van der Waals surface area (Å²) < 4.78 is 42.4. The van der Waals surface area contributed by atoms with Gasteiger partial charge in [0.2, 0.25) is 53.2 Å². The number of para-hydroxylation sites is 1. The maximum absolute atomic E-state index is 14.3. The SMILES string of the molecule is C[C@H](CCCOP(=O)(O)NC(CC(=O)O)C(=O)O)NC(=O)CC[C@H](NC(=O)CCCCCNC(=O)CCC(NC(=O)CCOCCOCCOCCOCCNC(=O)CCC(=O)N1Cc2ccccc2-c2c(nnn2CCCNC(=O)CN2CCN(CC(=O)O)CCN(CC(=O)O)CCN(CC(=O)O)CC2)-c2ccccc21)C(=O)NC(CCCCNC(=O)CCCc1ccc(I)cc1)C(=O)O)C(=O)O. The number of aliphatic carboxylic acids is 7. The molecule has 139 heavy (non-hydrogen) atoms. The summed E-state index contributed by atoms with van der Waals surface area (Å²) in [6, 6.07) is 16.3. The molecule has 4 unspecified atom stereocenters. The Morgan fingerprint density at radius 2 is 0.906 bits per heavy atom. The van der Waals surface area contributed by atoms with Crippen molar-refractivity contribution in [1.29, 1.82) is 0 Å². The van der Waals surface area contributed by atoms with Crippen LogP contribution in [0.3, 0.4) is 0 Å². The molecule has 4 aromatic rings. The van der Waals surface area contributed by atoms with Gasteiger partial charge in [-0.05, 0) is 136 Å². The first-order valence-electron chi connectivity index (χ1n) is 46.4. The Hall–Kier alpha value is -11.2. The lowest BCUT2D eigenvalue weighted by Crippen LogP contribution is -2.52. The number of fused-ring (bicyclic) bond motifs is 5. The molecule has 0 radical (unpaired) electrons. The third-order valence-corrected chi connectivity index (χ3v) is 24.0. The highest BCUT2D eigenvalue weighted by Crippen LogP contribution is 2.42. The van der Waals surface area contributed by atoms with Crippen LogP contribution < -0.4 is 52.5 Å². The van der Waals surface area contributed by atoms with E-state index in [9.17, 15) is 112 Å². The van der Waals surface area contributed by atoms with Crippen molar-refractivity contribution in [1.82, 2.24) is 82.2 Å². The normalized spacial score (nSPS) is 14.8. The average molecular weight is 2090 g/mol. The van der Waals surface area contributed by atoms with E-state index >= 15 is 0 Å². The number of nitrogens with zero attached hydrogens (tertiary/aromatic N) is 8. The number of carboxylic acid groups (broad SMARTS) is 7. The van der Waals surface area contributed by atoms with Crippen LogP contribution in [0.2, 0.25) is 0 Å². The van der Waals surface area contributed by atoms with E-state index in [0.29, 0.717) is 74.1 Å². The van der Waals surface area contributed by atoms with Crippen LogP contribution in [0.25, 0.3) is 22.5 Å². The lowest BCUT2D eigenvalue weighted by molar-refractivity contribution is -0.145. The molecule has 17 N–H and O–H groups in total. The number of nitrogens with one attached hydrogen (secondary N) is 9. The van der Waals surface area contributed by atoms with Crippen LogP contribution in [0.4, 0.5) is 5.69 Å². The summed E-state index contributed by atoms with van der Waals surface area (Å²) in [5, 5.41) is 99.1. The van der Waals surface area contributed by atoms with E-state index in [4.69, 9.17) is 33.7 Å². The number of halogens is 1. The van der Waals surface area contributed by atoms with E-state index in [2.05, 4.69) is 75.4 Å². The first-order valence-corrected chi connectivity index (χ1v) is 49.1. The fraction of sp³-hybridized carbons (Fsp3) is 0.600. The molecule has 1 aromatic heterocycles. The van der Waals surface area contributed by atoms with Gasteiger partial charge in [-0.25, -0.2) is 23.9 Å². The first kappa shape index (κ1) is 117. The molecule has 0 spiro atoms. The van der Waals surface area contributed by atoms with Crippen LogP contribution in [0.5, 0.6) is 0 Å². The minimum atomic E-state index is -4.71. The summed E-state index contributed by atoms with van der Waals surface area (Å²) in [6.45, 7) is 4.72. The van der Waals surface area contributed by atoms with Gasteiger partial charge in [-0.15, -0.1) is 5.10 Å². The number of carbonyl (C=O) groups is 16. The molecule has 6 rings (SSSR count). The van der Waals surface area contributed by atoms with Gasteiger partial charge in [0.25, 0.3) is 0 Å². The Labute approximate surface area is 818 Å². The van der Waals surface area contributed by atoms with Crippen molar-refractivity contribution in [3.05, 3.63) is 87.5 Å². The quantitative estimate of drug-likeness (QED) is 0.0169. The standard InChI is InChI=1S/C90H133IN17O30P/c1-62(14-12-47-138-139(132,133)101-71(90(130)131)56-81(117)118)96-77(113)30-28-70(89(128)129)98-76(112)21-3-2-9-34-93-74(110)29-27-68(87(125)99-69(88(126)127)19-8-10-35-92-73(109)22-11-15-63-23-25-65(91)26-24-63)97-78(114)33-48-134-50-52-136-54-55-137-53-51-135-49-37-95-75(111)31-32-80(116)107-57-64-16-4-5-17-66(64)86-85(67-18-6-7-20-72(67)107)100-102-108(86)38-13-36-94-79(115)58-103-39-41-104(59-82(119)120)43-45-106(61-84(123)124)46-44-105(42-40-103)60-83(121)122/h4-7,16-18,20,23-26,62,68-71H,2-3,8-15,19,21-22,27-61H2,1H3,(H,92,109)(H,93,110)(H,94,115)(H,95,111)(H,96,113)(H,97,114)(H,98,112)(H,99,125)(H,117,118)(H,119,120)(H,121,122)(H,123,124)(H,126,127)(H,128,129)(H,130,131)(H2,101,132,133)/t62-,68?,69?,70+,71?/m1/s1. The second-order valence-corrected chi connectivity index (χ2v) is 36.1. The summed E-state index contributed by atoms with van der Waals surface area (Å²) in [6.07, 6.45) is 1.56. The highest BCUT2D eigenvalue weighted by atomic mass is 127. The Bertz CT molecular complexity index is 4660. The van der Waals surface area contributed by atoms with Gasteiger partial charge in [-0.3, -0.25) is 91.2 Å². The van der Waals surface area contributed by atoms with Crippen molar-refractivity contribution in [2.75, 3.05) is 169 Å². The highest BCUT2D eigenvalue weighted by Gasteiger charge is 2.34. The van der Waals surface area contributed by atoms with Crippen molar-refractivity contribution < 1.29 is 145 Å². The van der Waals surface area contributed by atoms with Crippen molar-refractivity contribution in [2.24, 2.45) is 0 Å². The molecule has 3 aromatic carbocycles. The Kier molecular flexibility index (Phi) is 54.5. The number of hydrogen-bond acceptors (Lipinski definition) is 28. The number of carboxylic acids is 7. The molecule has 2 aliphatic rings. The van der Waals surface area contributed by atoms with Crippen molar-refractivity contribution >= 4 is 131 Å². The number of unbranched alkanes of at least 4 members (excludes halogenated alkanes) is 3. The lowest BCUT2D eigenvalue weighted by atomic mass is 9.95.